The van der Waals surface area contributed by atoms with Gasteiger partial charge in [0.25, 0.3) is 0 Å². The number of carbonyl (C=O) groups excluding carboxylic acids is 1. The van der Waals surface area contributed by atoms with Gasteiger partial charge in [0, 0.05) is 19.0 Å². The average Bonchev–Trinajstić information content (AvgIpc) is 1.97. The summed E-state index contributed by atoms with van der Waals surface area (Å²) in [6.45, 7) is 7.07. The normalized spacial score (nSPS) is 31.4. The fourth-order valence-corrected chi connectivity index (χ4v) is 1.42. The van der Waals surface area contributed by atoms with Gasteiger partial charge in [0.1, 0.15) is 0 Å². The van der Waals surface area contributed by atoms with Crippen molar-refractivity contribution in [1.29, 1.82) is 0 Å². The molecule has 2 heteroatoms. The van der Waals surface area contributed by atoms with E-state index in [1.54, 1.807) is 0 Å². The molecule has 0 aliphatic carbocycles. The number of rotatable bonds is 0. The summed E-state index contributed by atoms with van der Waals surface area (Å²) < 4.78 is 0. The molecular formula is C8H15NO. The van der Waals surface area contributed by atoms with Crippen LogP contribution in [0.3, 0.4) is 0 Å². The van der Waals surface area contributed by atoms with Crippen molar-refractivity contribution in [3.8, 4) is 0 Å². The van der Waals surface area contributed by atoms with Crippen LogP contribution >= 0.6 is 0 Å². The number of amides is 1. The first-order valence-corrected chi connectivity index (χ1v) is 3.72. The fourth-order valence-electron chi connectivity index (χ4n) is 1.42. The minimum absolute atomic E-state index is 0.130. The maximum absolute atomic E-state index is 11.4. The van der Waals surface area contributed by atoms with E-state index in [1.165, 1.54) is 0 Å². The third kappa shape index (κ3) is 0.825. The lowest BCUT2D eigenvalue weighted by atomic mass is 9.83. The molecule has 0 N–H and O–H groups in total. The average molecular weight is 141 g/mol. The topological polar surface area (TPSA) is 20.3 Å². The van der Waals surface area contributed by atoms with Crippen molar-refractivity contribution in [2.45, 2.75) is 20.8 Å². The van der Waals surface area contributed by atoms with Crippen molar-refractivity contribution < 1.29 is 4.79 Å². The second kappa shape index (κ2) is 1.97. The van der Waals surface area contributed by atoms with Crippen molar-refractivity contribution >= 4 is 5.91 Å². The predicted molar refractivity (Wildman–Crippen MR) is 40.6 cm³/mol. The van der Waals surface area contributed by atoms with Crippen molar-refractivity contribution in [3.63, 3.8) is 0 Å². The van der Waals surface area contributed by atoms with E-state index in [1.807, 2.05) is 25.8 Å². The molecule has 0 saturated carbocycles. The molecule has 0 bridgehead atoms. The summed E-state index contributed by atoms with van der Waals surface area (Å²) in [6.07, 6.45) is 0. The third-order valence-electron chi connectivity index (χ3n) is 2.68. The van der Waals surface area contributed by atoms with Gasteiger partial charge < -0.3 is 4.90 Å². The highest BCUT2D eigenvalue weighted by Gasteiger charge is 2.42. The standard InChI is InChI=1S/C8H15NO/c1-6-5-9(4)7(10)8(6,2)3/h6H,5H2,1-4H3. The van der Waals surface area contributed by atoms with Crippen LogP contribution in [0.5, 0.6) is 0 Å². The largest absolute Gasteiger partial charge is 0.345 e. The Morgan fingerprint density at radius 1 is 1.60 bits per heavy atom. The molecule has 1 rings (SSSR count). The Bertz CT molecular complexity index is 163. The number of hydrogen-bond acceptors (Lipinski definition) is 1. The lowest BCUT2D eigenvalue weighted by molar-refractivity contribution is -0.134. The molecule has 1 fully saturated rings. The number of hydrogen-bond donors (Lipinski definition) is 0. The highest BCUT2D eigenvalue weighted by molar-refractivity contribution is 5.84. The van der Waals surface area contributed by atoms with Crippen molar-refractivity contribution in [2.75, 3.05) is 13.6 Å². The molecule has 1 aliphatic rings. The van der Waals surface area contributed by atoms with Crippen LogP contribution in [0.15, 0.2) is 0 Å². The van der Waals surface area contributed by atoms with Gasteiger partial charge in [-0.3, -0.25) is 4.79 Å². The van der Waals surface area contributed by atoms with Gasteiger partial charge in [-0.2, -0.15) is 0 Å². The maximum atomic E-state index is 11.4. The summed E-state index contributed by atoms with van der Waals surface area (Å²) in [4.78, 5) is 13.2. The molecule has 2 nitrogen and oxygen atoms in total. The van der Waals surface area contributed by atoms with Crippen LogP contribution in [0.1, 0.15) is 20.8 Å². The highest BCUT2D eigenvalue weighted by atomic mass is 16.2. The fraction of sp³-hybridized carbons (Fsp3) is 0.875. The molecule has 1 aliphatic heterocycles. The van der Waals surface area contributed by atoms with E-state index >= 15 is 0 Å². The Kier molecular flexibility index (Phi) is 1.50. The first-order valence-electron chi connectivity index (χ1n) is 3.72. The van der Waals surface area contributed by atoms with Crippen LogP contribution in [0.2, 0.25) is 0 Å². The van der Waals surface area contributed by atoms with E-state index in [0.717, 1.165) is 6.54 Å². The molecule has 10 heavy (non-hydrogen) atoms. The Labute approximate surface area is 62.2 Å². The van der Waals surface area contributed by atoms with Crippen molar-refractivity contribution in [1.82, 2.24) is 4.90 Å². The zero-order chi connectivity index (χ0) is 7.94. The number of carbonyl (C=O) groups is 1. The van der Waals surface area contributed by atoms with Gasteiger partial charge in [-0.15, -0.1) is 0 Å². The molecule has 58 valence electrons. The summed E-state index contributed by atoms with van der Waals surface area (Å²) in [6, 6.07) is 0. The van der Waals surface area contributed by atoms with Gasteiger partial charge in [-0.1, -0.05) is 20.8 Å². The Morgan fingerprint density at radius 3 is 2.20 bits per heavy atom. The van der Waals surface area contributed by atoms with Crippen LogP contribution in [-0.4, -0.2) is 24.4 Å². The van der Waals surface area contributed by atoms with Gasteiger partial charge in [0.15, 0.2) is 0 Å². The Balaban J connectivity index is 2.85. The first-order chi connectivity index (χ1) is 4.46. The van der Waals surface area contributed by atoms with Gasteiger partial charge >= 0.3 is 0 Å². The lowest BCUT2D eigenvalue weighted by Crippen LogP contribution is -2.28. The van der Waals surface area contributed by atoms with Gasteiger partial charge in [-0.05, 0) is 5.92 Å². The summed E-state index contributed by atoms with van der Waals surface area (Å²) in [5, 5.41) is 0. The van der Waals surface area contributed by atoms with E-state index in [9.17, 15) is 4.79 Å². The quantitative estimate of drug-likeness (QED) is 0.495. The molecule has 1 amide bonds. The summed E-state index contributed by atoms with van der Waals surface area (Å²) in [5.74, 6) is 0.769. The molecule has 1 unspecified atom stereocenters. The van der Waals surface area contributed by atoms with E-state index in [-0.39, 0.29) is 11.3 Å². The monoisotopic (exact) mass is 141 g/mol. The zero-order valence-electron chi connectivity index (χ0n) is 7.14. The molecule has 0 aromatic rings. The Morgan fingerprint density at radius 2 is 2.10 bits per heavy atom. The smallest absolute Gasteiger partial charge is 0.228 e. The molecular weight excluding hydrogens is 126 g/mol. The van der Waals surface area contributed by atoms with Gasteiger partial charge in [0.05, 0.1) is 0 Å². The third-order valence-corrected chi connectivity index (χ3v) is 2.68. The number of nitrogens with zero attached hydrogens (tertiary/aromatic N) is 1. The molecule has 1 heterocycles. The Hall–Kier alpha value is -0.530. The van der Waals surface area contributed by atoms with E-state index < -0.39 is 0 Å². The summed E-state index contributed by atoms with van der Waals surface area (Å²) in [5.41, 5.74) is -0.130. The lowest BCUT2D eigenvalue weighted by Gasteiger charge is -2.19. The van der Waals surface area contributed by atoms with Crippen LogP contribution in [0.25, 0.3) is 0 Å². The highest BCUT2D eigenvalue weighted by Crippen LogP contribution is 2.34. The van der Waals surface area contributed by atoms with Crippen molar-refractivity contribution in [2.24, 2.45) is 11.3 Å². The molecule has 0 spiro atoms. The van der Waals surface area contributed by atoms with Crippen molar-refractivity contribution in [3.05, 3.63) is 0 Å². The molecule has 0 aromatic heterocycles. The minimum atomic E-state index is -0.130. The van der Waals surface area contributed by atoms with E-state index in [2.05, 4.69) is 6.92 Å². The molecule has 1 atom stereocenters. The van der Waals surface area contributed by atoms with Crippen LogP contribution in [-0.2, 0) is 4.79 Å². The maximum Gasteiger partial charge on any atom is 0.228 e. The van der Waals surface area contributed by atoms with Crippen LogP contribution < -0.4 is 0 Å². The first kappa shape index (κ1) is 7.58. The number of likely N-dealkylation sites (tertiary alicyclic amines) is 1. The second-order valence-corrected chi connectivity index (χ2v) is 3.81. The summed E-state index contributed by atoms with van der Waals surface area (Å²) >= 11 is 0. The summed E-state index contributed by atoms with van der Waals surface area (Å²) in [7, 11) is 1.87. The SMILES string of the molecule is CC1CN(C)C(=O)C1(C)C. The van der Waals surface area contributed by atoms with E-state index in [4.69, 9.17) is 0 Å². The predicted octanol–water partition coefficient (Wildman–Crippen LogP) is 1.12. The second-order valence-electron chi connectivity index (χ2n) is 3.81. The van der Waals surface area contributed by atoms with Crippen LogP contribution in [0.4, 0.5) is 0 Å². The van der Waals surface area contributed by atoms with Gasteiger partial charge in [-0.25, -0.2) is 0 Å². The van der Waals surface area contributed by atoms with Gasteiger partial charge in [0.2, 0.25) is 5.91 Å². The van der Waals surface area contributed by atoms with E-state index in [0.29, 0.717) is 5.92 Å². The molecule has 0 aromatic carbocycles. The molecule has 1 saturated heterocycles. The zero-order valence-corrected chi connectivity index (χ0v) is 7.14. The molecule has 0 radical (unpaired) electrons. The minimum Gasteiger partial charge on any atom is -0.345 e. The van der Waals surface area contributed by atoms with Crippen LogP contribution in [0, 0.1) is 11.3 Å².